The third-order valence-electron chi connectivity index (χ3n) is 0.701. The summed E-state index contributed by atoms with van der Waals surface area (Å²) in [5.74, 6) is 0. The zero-order chi connectivity index (χ0) is 7.11. The molecule has 1 aromatic rings. The molecule has 10 heavy (non-hydrogen) atoms. The second-order valence-electron chi connectivity index (χ2n) is 1.17. The minimum absolute atomic E-state index is 0. The van der Waals surface area contributed by atoms with Crippen molar-refractivity contribution in [1.82, 2.24) is 15.0 Å². The van der Waals surface area contributed by atoms with E-state index in [4.69, 9.17) is 0 Å². The van der Waals surface area contributed by atoms with E-state index in [1.807, 2.05) is 0 Å². The number of nitrogens with zero attached hydrogens (tertiary/aromatic N) is 3. The first kappa shape index (κ1) is 12.5. The van der Waals surface area contributed by atoms with Gasteiger partial charge in [-0.3, -0.25) is 4.68 Å². The van der Waals surface area contributed by atoms with Crippen molar-refractivity contribution in [1.29, 1.82) is 0 Å². The minimum atomic E-state index is 0. The van der Waals surface area contributed by atoms with E-state index < -0.39 is 0 Å². The summed E-state index contributed by atoms with van der Waals surface area (Å²) >= 11 is 0. The molecule has 1 aromatic heterocycles. The molecule has 4 heteroatoms. The van der Waals surface area contributed by atoms with E-state index in [2.05, 4.69) is 24.2 Å². The molecule has 56 valence electrons. The van der Waals surface area contributed by atoms with Crippen molar-refractivity contribution >= 4 is 0 Å². The molecule has 0 unspecified atom stereocenters. The van der Waals surface area contributed by atoms with Crippen LogP contribution in [0.15, 0.2) is 12.4 Å². The molecule has 0 aromatic carbocycles. The molecule has 0 aliphatic carbocycles. The molecule has 0 N–H and O–H groups in total. The van der Waals surface area contributed by atoms with E-state index in [1.54, 1.807) is 24.0 Å². The molecule has 0 amide bonds. The maximum Gasteiger partial charge on any atom is 2.00 e. The standard InChI is InChI=1S/C4H6N3.C2H5.W/c1-2-7-4-3-5-6-7;1-2;/h3-4H,1-2H2;1H2,2H3;/q2*-1;+2. The van der Waals surface area contributed by atoms with Gasteiger partial charge in [0.05, 0.1) is 6.20 Å². The average Bonchev–Trinajstić information content (AvgIpc) is 2.43. The summed E-state index contributed by atoms with van der Waals surface area (Å²) in [6.07, 6.45) is 3.40. The summed E-state index contributed by atoms with van der Waals surface area (Å²) in [5.41, 5.74) is 0. The van der Waals surface area contributed by atoms with Gasteiger partial charge in [0.25, 0.3) is 0 Å². The molecule has 0 radical (unpaired) electrons. The Hall–Kier alpha value is -0.172. The topological polar surface area (TPSA) is 30.7 Å². The van der Waals surface area contributed by atoms with Crippen LogP contribution >= 0.6 is 0 Å². The van der Waals surface area contributed by atoms with Crippen LogP contribution in [0.25, 0.3) is 0 Å². The molecule has 0 spiro atoms. The first-order chi connectivity index (χ1) is 4.43. The van der Waals surface area contributed by atoms with E-state index in [0.717, 1.165) is 0 Å². The number of hydrogen-bond acceptors (Lipinski definition) is 2. The van der Waals surface area contributed by atoms with Gasteiger partial charge in [-0.05, 0) is 0 Å². The van der Waals surface area contributed by atoms with Crippen LogP contribution in [0.2, 0.25) is 0 Å². The van der Waals surface area contributed by atoms with Crippen molar-refractivity contribution in [3.8, 4) is 0 Å². The Kier molecular flexibility index (Phi) is 11.0. The van der Waals surface area contributed by atoms with Crippen LogP contribution in [0, 0.1) is 13.8 Å². The third-order valence-corrected chi connectivity index (χ3v) is 0.701. The Morgan fingerprint density at radius 3 is 2.30 bits per heavy atom. The van der Waals surface area contributed by atoms with Crippen LogP contribution < -0.4 is 0 Å². The van der Waals surface area contributed by atoms with Crippen molar-refractivity contribution in [2.75, 3.05) is 0 Å². The van der Waals surface area contributed by atoms with Crippen molar-refractivity contribution in [2.24, 2.45) is 0 Å². The maximum atomic E-state index is 3.64. The second kappa shape index (κ2) is 8.83. The quantitative estimate of drug-likeness (QED) is 0.723. The van der Waals surface area contributed by atoms with Gasteiger partial charge in [-0.25, -0.2) is 0 Å². The van der Waals surface area contributed by atoms with Crippen molar-refractivity contribution in [2.45, 2.75) is 13.5 Å². The van der Waals surface area contributed by atoms with Crippen LogP contribution in [0.4, 0.5) is 0 Å². The van der Waals surface area contributed by atoms with Gasteiger partial charge in [0.2, 0.25) is 0 Å². The summed E-state index contributed by atoms with van der Waals surface area (Å²) in [6.45, 7) is 9.24. The number of hydrogen-bond donors (Lipinski definition) is 0. The Balaban J connectivity index is 0. The van der Waals surface area contributed by atoms with Gasteiger partial charge in [0.15, 0.2) is 0 Å². The predicted octanol–water partition coefficient (Wildman–Crippen LogP) is 0.950. The summed E-state index contributed by atoms with van der Waals surface area (Å²) in [4.78, 5) is 0. The normalized spacial score (nSPS) is 7.10. The molecule has 0 saturated carbocycles. The van der Waals surface area contributed by atoms with Crippen LogP contribution in [0.3, 0.4) is 0 Å². The van der Waals surface area contributed by atoms with Gasteiger partial charge in [-0.1, -0.05) is 11.8 Å². The van der Waals surface area contributed by atoms with Gasteiger partial charge >= 0.3 is 21.1 Å². The van der Waals surface area contributed by atoms with Crippen LogP contribution in [0.1, 0.15) is 6.92 Å². The number of rotatable bonds is 1. The molecule has 1 heterocycles. The maximum absolute atomic E-state index is 3.64. The molecule has 1 rings (SSSR count). The van der Waals surface area contributed by atoms with Crippen molar-refractivity contribution < 1.29 is 21.1 Å². The molecule has 0 aliphatic heterocycles. The zero-order valence-corrected chi connectivity index (χ0v) is 8.96. The van der Waals surface area contributed by atoms with E-state index in [0.29, 0.717) is 6.54 Å². The van der Waals surface area contributed by atoms with Gasteiger partial charge in [-0.15, -0.1) is 5.10 Å². The van der Waals surface area contributed by atoms with E-state index >= 15 is 0 Å². The molecule has 3 nitrogen and oxygen atoms in total. The Labute approximate surface area is 76.1 Å². The Morgan fingerprint density at radius 2 is 2.10 bits per heavy atom. The van der Waals surface area contributed by atoms with Gasteiger partial charge < -0.3 is 13.8 Å². The molecule has 0 saturated heterocycles. The van der Waals surface area contributed by atoms with Gasteiger partial charge in [-0.2, -0.15) is 6.92 Å². The zero-order valence-electron chi connectivity index (χ0n) is 6.03. The largest absolute Gasteiger partial charge is 2.00 e. The summed E-state index contributed by atoms with van der Waals surface area (Å²) in [5, 5.41) is 7.20. The monoisotopic (exact) mass is 309 g/mol. The summed E-state index contributed by atoms with van der Waals surface area (Å²) in [7, 11) is 0. The predicted molar refractivity (Wildman–Crippen MR) is 36.4 cm³/mol. The number of aromatic nitrogens is 3. The third kappa shape index (κ3) is 4.68. The van der Waals surface area contributed by atoms with E-state index in [9.17, 15) is 0 Å². The summed E-state index contributed by atoms with van der Waals surface area (Å²) < 4.78 is 1.65. The smallest absolute Gasteiger partial charge is 0.346 e. The Bertz CT molecular complexity index is 128. The average molecular weight is 309 g/mol. The first-order valence-corrected chi connectivity index (χ1v) is 2.77. The molecule has 0 aliphatic rings. The fraction of sp³-hybridized carbons (Fsp3) is 0.333. The molecule has 0 bridgehead atoms. The van der Waals surface area contributed by atoms with Crippen molar-refractivity contribution in [3.63, 3.8) is 0 Å². The molecular formula is C6H11N3W. The van der Waals surface area contributed by atoms with Crippen LogP contribution in [-0.2, 0) is 27.6 Å². The van der Waals surface area contributed by atoms with Crippen LogP contribution in [0.5, 0.6) is 0 Å². The van der Waals surface area contributed by atoms with Crippen molar-refractivity contribution in [3.05, 3.63) is 26.2 Å². The molecule has 0 atom stereocenters. The van der Waals surface area contributed by atoms with E-state index in [-0.39, 0.29) is 21.1 Å². The first-order valence-electron chi connectivity index (χ1n) is 2.77. The fourth-order valence-electron chi connectivity index (χ4n) is 0.352. The van der Waals surface area contributed by atoms with E-state index in [1.165, 1.54) is 0 Å². The minimum Gasteiger partial charge on any atom is -0.346 e. The van der Waals surface area contributed by atoms with Gasteiger partial charge in [0, 0.05) is 6.20 Å². The fourth-order valence-corrected chi connectivity index (χ4v) is 0.352. The van der Waals surface area contributed by atoms with Gasteiger partial charge in [0.1, 0.15) is 0 Å². The SMILES string of the molecule is [CH2-]C.[CH2-]Cn1ccnn1.[W+2]. The second-order valence-corrected chi connectivity index (χ2v) is 1.17. The summed E-state index contributed by atoms with van der Waals surface area (Å²) in [6, 6.07) is 0. The van der Waals surface area contributed by atoms with Crippen LogP contribution in [-0.4, -0.2) is 15.0 Å². The molecular weight excluding hydrogens is 298 g/mol. The molecule has 0 fully saturated rings. The Morgan fingerprint density at radius 1 is 1.50 bits per heavy atom.